The van der Waals surface area contributed by atoms with E-state index in [2.05, 4.69) is 49.4 Å². The van der Waals surface area contributed by atoms with Crippen molar-refractivity contribution in [3.63, 3.8) is 0 Å². The molecule has 1 amide bonds. The molecule has 1 aromatic heterocycles. The van der Waals surface area contributed by atoms with Gasteiger partial charge in [0, 0.05) is 36.3 Å². The number of likely N-dealkylation sites (tertiary alicyclic amines) is 1. The van der Waals surface area contributed by atoms with Gasteiger partial charge in [-0.1, -0.05) is 70.5 Å². The van der Waals surface area contributed by atoms with Gasteiger partial charge in [-0.25, -0.2) is 4.39 Å². The number of amides is 1. The fraction of sp³-hybridized carbons (Fsp3) is 0.588. The number of halogens is 2. The number of nitriles is 1. The zero-order valence-corrected chi connectivity index (χ0v) is 27.7. The largest absolute Gasteiger partial charge is 0.462 e. The average molecular weight is 627 g/mol. The van der Waals surface area contributed by atoms with Crippen LogP contribution in [0.2, 0.25) is 5.02 Å². The highest BCUT2D eigenvalue weighted by atomic mass is 35.5. The van der Waals surface area contributed by atoms with Gasteiger partial charge in [-0.05, 0) is 63.2 Å². The predicted molar refractivity (Wildman–Crippen MR) is 175 cm³/mol. The van der Waals surface area contributed by atoms with Gasteiger partial charge in [0.2, 0.25) is 0 Å². The van der Waals surface area contributed by atoms with Crippen molar-refractivity contribution in [2.75, 3.05) is 44.7 Å². The summed E-state index contributed by atoms with van der Waals surface area (Å²) in [6.45, 7) is 14.1. The van der Waals surface area contributed by atoms with Crippen LogP contribution in [0.15, 0.2) is 36.7 Å². The molecule has 240 valence electrons. The highest BCUT2D eigenvalue weighted by molar-refractivity contribution is 6.31. The van der Waals surface area contributed by atoms with E-state index in [0.29, 0.717) is 31.7 Å². The maximum absolute atomic E-state index is 13.8. The summed E-state index contributed by atoms with van der Waals surface area (Å²) in [5.74, 6) is -0.892. The van der Waals surface area contributed by atoms with Gasteiger partial charge in [-0.3, -0.25) is 4.79 Å². The number of rotatable bonds is 12. The summed E-state index contributed by atoms with van der Waals surface area (Å²) in [5, 5.41) is 10.3. The highest BCUT2D eigenvalue weighted by Gasteiger charge is 2.34. The molecule has 2 aliphatic rings. The first kappa shape index (κ1) is 35.3. The van der Waals surface area contributed by atoms with E-state index in [1.165, 1.54) is 4.90 Å². The minimum Gasteiger partial charge on any atom is -0.462 e. The smallest absolute Gasteiger partial charge is 0.318 e. The number of aromatic nitrogens is 2. The van der Waals surface area contributed by atoms with Gasteiger partial charge in [0.1, 0.15) is 12.4 Å². The maximum atomic E-state index is 13.8. The summed E-state index contributed by atoms with van der Waals surface area (Å²) in [5.41, 5.74) is 3.11. The minimum atomic E-state index is -1.01. The van der Waals surface area contributed by atoms with Gasteiger partial charge in [0.05, 0.1) is 24.2 Å². The van der Waals surface area contributed by atoms with Gasteiger partial charge in [-0.2, -0.15) is 15.2 Å². The summed E-state index contributed by atoms with van der Waals surface area (Å²) < 4.78 is 20.1. The van der Waals surface area contributed by atoms with Crippen molar-refractivity contribution in [2.45, 2.75) is 90.6 Å². The number of anilines is 1. The Hall–Kier alpha value is -3.22. The lowest BCUT2D eigenvalue weighted by molar-refractivity contribution is -0.131. The van der Waals surface area contributed by atoms with Crippen LogP contribution in [-0.2, 0) is 17.6 Å². The number of carbonyl (C=O) groups excluding carboxylic acids is 1. The second-order valence-corrected chi connectivity index (χ2v) is 11.8. The molecule has 0 bridgehead atoms. The molecule has 3 heterocycles. The Kier molecular flexibility index (Phi) is 13.9. The number of nitrogens with zero attached hydrogens (tertiary/aromatic N) is 6. The van der Waals surface area contributed by atoms with Crippen molar-refractivity contribution in [2.24, 2.45) is 0 Å². The van der Waals surface area contributed by atoms with Crippen LogP contribution in [0.25, 0.3) is 0 Å². The third-order valence-electron chi connectivity index (χ3n) is 8.45. The van der Waals surface area contributed by atoms with Crippen LogP contribution < -0.4 is 9.64 Å². The Morgan fingerprint density at radius 1 is 1.20 bits per heavy atom. The van der Waals surface area contributed by atoms with Crippen LogP contribution in [0.4, 0.5) is 10.2 Å². The molecule has 2 aliphatic heterocycles. The maximum Gasteiger partial charge on any atom is 0.318 e. The molecule has 0 spiro atoms. The summed E-state index contributed by atoms with van der Waals surface area (Å²) in [6.07, 6.45) is 5.63. The standard InChI is InChI=1S/C32H42ClFN6O2.C2H6/c1-5-9-27-29(22(2)13-14-24-10-6-7-12-28(24)33)36-32(42-21-26-11-8-17-38(26)4)37-30(27)39-18-19-40(31(41)23(3)34)25(20-39)15-16-35;1-2/h6-7,10,12,22,25-26H,3,5,8-9,11,13-15,17-21H2,1-2,4H3;1-2H3. The molecule has 3 atom stereocenters. The molecular weight excluding hydrogens is 579 g/mol. The van der Waals surface area contributed by atoms with Gasteiger partial charge in [-0.15, -0.1) is 0 Å². The first-order valence-corrected chi connectivity index (χ1v) is 16.4. The number of hydrogen-bond donors (Lipinski definition) is 0. The molecule has 10 heteroatoms. The number of carbonyl (C=O) groups is 1. The molecule has 2 fully saturated rings. The Morgan fingerprint density at radius 2 is 1.95 bits per heavy atom. The molecule has 3 unspecified atom stereocenters. The van der Waals surface area contributed by atoms with Crippen molar-refractivity contribution >= 4 is 23.3 Å². The monoisotopic (exact) mass is 626 g/mol. The van der Waals surface area contributed by atoms with Crippen LogP contribution in [0.5, 0.6) is 6.01 Å². The topological polar surface area (TPSA) is 85.6 Å². The molecule has 0 aliphatic carbocycles. The van der Waals surface area contributed by atoms with E-state index in [-0.39, 0.29) is 18.9 Å². The molecule has 0 saturated carbocycles. The lowest BCUT2D eigenvalue weighted by Gasteiger charge is -2.41. The molecule has 44 heavy (non-hydrogen) atoms. The van der Waals surface area contributed by atoms with Gasteiger partial charge >= 0.3 is 6.01 Å². The molecule has 0 N–H and O–H groups in total. The lowest BCUT2D eigenvalue weighted by atomic mass is 9.93. The van der Waals surface area contributed by atoms with E-state index in [4.69, 9.17) is 26.3 Å². The first-order valence-electron chi connectivity index (χ1n) is 16.0. The number of likely N-dealkylation sites (N-methyl/N-ethyl adjacent to an activating group) is 1. The zero-order chi connectivity index (χ0) is 32.2. The van der Waals surface area contributed by atoms with Crippen molar-refractivity contribution < 1.29 is 13.9 Å². The number of benzene rings is 1. The zero-order valence-electron chi connectivity index (χ0n) is 27.0. The Balaban J connectivity index is 0.00000259. The minimum absolute atomic E-state index is 0.0855. The van der Waals surface area contributed by atoms with Gasteiger partial charge in [0.15, 0.2) is 5.83 Å². The lowest BCUT2D eigenvalue weighted by Crippen LogP contribution is -2.55. The van der Waals surface area contributed by atoms with E-state index in [0.717, 1.165) is 72.7 Å². The van der Waals surface area contributed by atoms with Crippen molar-refractivity contribution in [1.29, 1.82) is 5.26 Å². The van der Waals surface area contributed by atoms with Crippen LogP contribution in [0.3, 0.4) is 0 Å². The van der Waals surface area contributed by atoms with Crippen molar-refractivity contribution in [1.82, 2.24) is 19.8 Å². The van der Waals surface area contributed by atoms with Crippen LogP contribution in [0.1, 0.15) is 82.5 Å². The number of ether oxygens (including phenoxy) is 1. The van der Waals surface area contributed by atoms with Crippen LogP contribution in [0, 0.1) is 11.3 Å². The summed E-state index contributed by atoms with van der Waals surface area (Å²) >= 11 is 6.46. The summed E-state index contributed by atoms with van der Waals surface area (Å²) in [4.78, 5) is 28.3. The van der Waals surface area contributed by atoms with E-state index >= 15 is 0 Å². The molecule has 0 radical (unpaired) electrons. The Morgan fingerprint density at radius 3 is 2.59 bits per heavy atom. The van der Waals surface area contributed by atoms with Crippen LogP contribution in [-0.4, -0.2) is 77.6 Å². The van der Waals surface area contributed by atoms with E-state index in [1.54, 1.807) is 0 Å². The first-order chi connectivity index (χ1) is 21.2. The Labute approximate surface area is 267 Å². The van der Waals surface area contributed by atoms with Gasteiger partial charge < -0.3 is 19.4 Å². The van der Waals surface area contributed by atoms with Crippen molar-refractivity contribution in [3.8, 4) is 12.1 Å². The second-order valence-electron chi connectivity index (χ2n) is 11.4. The Bertz CT molecular complexity index is 1300. The predicted octanol–water partition coefficient (Wildman–Crippen LogP) is 6.73. The summed E-state index contributed by atoms with van der Waals surface area (Å²) in [7, 11) is 2.11. The summed E-state index contributed by atoms with van der Waals surface area (Å²) in [6, 6.07) is 10.3. The van der Waals surface area contributed by atoms with E-state index in [9.17, 15) is 14.4 Å². The number of piperazine rings is 1. The average Bonchev–Trinajstić information content (AvgIpc) is 3.45. The van der Waals surface area contributed by atoms with Crippen molar-refractivity contribution in [3.05, 3.63) is 58.5 Å². The van der Waals surface area contributed by atoms with Gasteiger partial charge in [0.25, 0.3) is 5.91 Å². The molecular formula is C34H48ClFN6O2. The molecule has 8 nitrogen and oxygen atoms in total. The second kappa shape index (κ2) is 17.3. The molecule has 2 aromatic rings. The third kappa shape index (κ3) is 8.92. The molecule has 1 aromatic carbocycles. The highest BCUT2D eigenvalue weighted by Crippen LogP contribution is 2.34. The third-order valence-corrected chi connectivity index (χ3v) is 8.82. The fourth-order valence-electron chi connectivity index (χ4n) is 6.01. The van der Waals surface area contributed by atoms with Crippen LogP contribution >= 0.6 is 11.6 Å². The van der Waals surface area contributed by atoms with E-state index < -0.39 is 17.8 Å². The molecule has 4 rings (SSSR count). The fourth-order valence-corrected chi connectivity index (χ4v) is 6.24. The number of aryl methyl sites for hydroxylation is 1. The number of hydrogen-bond acceptors (Lipinski definition) is 7. The quantitative estimate of drug-likeness (QED) is 0.241. The molecule has 2 saturated heterocycles. The normalized spacial score (nSPS) is 19.1. The SMILES string of the molecule is C=C(F)C(=O)N1CCN(c2nc(OCC3CCCN3C)nc(C(C)CCc3ccccc3Cl)c2CCC)CC1CC#N.CC. The van der Waals surface area contributed by atoms with E-state index in [1.807, 2.05) is 32.0 Å².